The zero-order valence-corrected chi connectivity index (χ0v) is 12.0. The fourth-order valence-electron chi connectivity index (χ4n) is 2.69. The first-order valence-electron chi connectivity index (χ1n) is 7.40. The van der Waals surface area contributed by atoms with Crippen molar-refractivity contribution >= 4 is 16.7 Å². The van der Waals surface area contributed by atoms with Crippen molar-refractivity contribution in [3.63, 3.8) is 0 Å². The molecule has 1 heterocycles. The number of hydrogen-bond acceptors (Lipinski definition) is 3. The van der Waals surface area contributed by atoms with Gasteiger partial charge in [-0.15, -0.1) is 0 Å². The Kier molecular flexibility index (Phi) is 4.48. The van der Waals surface area contributed by atoms with Gasteiger partial charge in [-0.25, -0.2) is 0 Å². The van der Waals surface area contributed by atoms with Gasteiger partial charge in [-0.05, 0) is 22.8 Å². The molecule has 1 saturated heterocycles. The number of amides is 1. The number of carbonyl (C=O) groups excluding carboxylic acids is 1. The van der Waals surface area contributed by atoms with E-state index in [0.717, 1.165) is 13.0 Å². The maximum absolute atomic E-state index is 12.0. The van der Waals surface area contributed by atoms with Crippen LogP contribution in [0, 0.1) is 0 Å². The van der Waals surface area contributed by atoms with Crippen molar-refractivity contribution in [3.05, 3.63) is 48.0 Å². The van der Waals surface area contributed by atoms with Crippen molar-refractivity contribution in [1.82, 2.24) is 10.6 Å². The summed E-state index contributed by atoms with van der Waals surface area (Å²) >= 11 is 0. The zero-order valence-electron chi connectivity index (χ0n) is 12.0. The molecule has 3 rings (SSSR count). The SMILES string of the molecule is O=C(NCCc1cccc2ccccc12)C1COCCN1. The van der Waals surface area contributed by atoms with Gasteiger partial charge in [-0.3, -0.25) is 4.79 Å². The van der Waals surface area contributed by atoms with Crippen LogP contribution in [0.5, 0.6) is 0 Å². The highest BCUT2D eigenvalue weighted by Crippen LogP contribution is 2.18. The molecule has 1 fully saturated rings. The summed E-state index contributed by atoms with van der Waals surface area (Å²) < 4.78 is 5.30. The molecule has 1 atom stereocenters. The maximum Gasteiger partial charge on any atom is 0.239 e. The monoisotopic (exact) mass is 284 g/mol. The molecule has 0 aliphatic carbocycles. The second-order valence-electron chi connectivity index (χ2n) is 5.26. The lowest BCUT2D eigenvalue weighted by atomic mass is 10.0. The third kappa shape index (κ3) is 3.40. The molecule has 0 spiro atoms. The summed E-state index contributed by atoms with van der Waals surface area (Å²) in [5.41, 5.74) is 1.27. The summed E-state index contributed by atoms with van der Waals surface area (Å²) in [6, 6.07) is 14.4. The number of fused-ring (bicyclic) bond motifs is 1. The van der Waals surface area contributed by atoms with Crippen molar-refractivity contribution < 1.29 is 9.53 Å². The molecule has 2 N–H and O–H groups in total. The second kappa shape index (κ2) is 6.70. The van der Waals surface area contributed by atoms with E-state index in [0.29, 0.717) is 19.8 Å². The quantitative estimate of drug-likeness (QED) is 0.894. The van der Waals surface area contributed by atoms with E-state index in [1.54, 1.807) is 0 Å². The highest BCUT2D eigenvalue weighted by molar-refractivity contribution is 5.86. The Morgan fingerprint density at radius 3 is 2.95 bits per heavy atom. The Balaban J connectivity index is 1.58. The Bertz CT molecular complexity index is 616. The average molecular weight is 284 g/mol. The van der Waals surface area contributed by atoms with Gasteiger partial charge in [0, 0.05) is 13.1 Å². The molecule has 0 aromatic heterocycles. The molecule has 0 radical (unpaired) electrons. The van der Waals surface area contributed by atoms with Crippen LogP contribution in [0.4, 0.5) is 0 Å². The number of benzene rings is 2. The van der Waals surface area contributed by atoms with Crippen LogP contribution in [-0.2, 0) is 16.0 Å². The lowest BCUT2D eigenvalue weighted by molar-refractivity contribution is -0.125. The van der Waals surface area contributed by atoms with E-state index in [9.17, 15) is 4.79 Å². The minimum Gasteiger partial charge on any atom is -0.378 e. The molecule has 1 aliphatic rings. The lowest BCUT2D eigenvalue weighted by Gasteiger charge is -2.22. The number of ether oxygens (including phenoxy) is 1. The van der Waals surface area contributed by atoms with Gasteiger partial charge in [-0.1, -0.05) is 42.5 Å². The maximum atomic E-state index is 12.0. The molecule has 1 amide bonds. The van der Waals surface area contributed by atoms with E-state index in [2.05, 4.69) is 41.0 Å². The van der Waals surface area contributed by atoms with Crippen LogP contribution >= 0.6 is 0 Å². The van der Waals surface area contributed by atoms with Crippen LogP contribution < -0.4 is 10.6 Å². The van der Waals surface area contributed by atoms with Crippen molar-refractivity contribution in [3.8, 4) is 0 Å². The van der Waals surface area contributed by atoms with Gasteiger partial charge in [0.25, 0.3) is 0 Å². The Hall–Kier alpha value is -1.91. The summed E-state index contributed by atoms with van der Waals surface area (Å²) in [5, 5.41) is 8.64. The number of rotatable bonds is 4. The van der Waals surface area contributed by atoms with E-state index >= 15 is 0 Å². The fraction of sp³-hybridized carbons (Fsp3) is 0.353. The molecule has 110 valence electrons. The van der Waals surface area contributed by atoms with E-state index in [4.69, 9.17) is 4.74 Å². The van der Waals surface area contributed by atoms with Crippen LogP contribution in [-0.4, -0.2) is 38.3 Å². The number of hydrogen-bond donors (Lipinski definition) is 2. The highest BCUT2D eigenvalue weighted by Gasteiger charge is 2.20. The van der Waals surface area contributed by atoms with Gasteiger partial charge >= 0.3 is 0 Å². The minimum atomic E-state index is -0.216. The normalized spacial score (nSPS) is 18.6. The van der Waals surface area contributed by atoms with Gasteiger partial charge in [0.15, 0.2) is 0 Å². The third-order valence-corrected chi connectivity index (χ3v) is 3.81. The first kappa shape index (κ1) is 14.0. The topological polar surface area (TPSA) is 50.4 Å². The zero-order chi connectivity index (χ0) is 14.5. The van der Waals surface area contributed by atoms with Gasteiger partial charge in [-0.2, -0.15) is 0 Å². The van der Waals surface area contributed by atoms with E-state index in [-0.39, 0.29) is 11.9 Å². The first-order valence-corrected chi connectivity index (χ1v) is 7.40. The van der Waals surface area contributed by atoms with Crippen LogP contribution in [0.25, 0.3) is 10.8 Å². The van der Waals surface area contributed by atoms with Crippen LogP contribution in [0.15, 0.2) is 42.5 Å². The summed E-state index contributed by atoms with van der Waals surface area (Å²) in [7, 11) is 0. The molecule has 0 saturated carbocycles. The molecule has 1 aliphatic heterocycles. The Morgan fingerprint density at radius 1 is 1.24 bits per heavy atom. The van der Waals surface area contributed by atoms with Gasteiger partial charge in [0.1, 0.15) is 6.04 Å². The van der Waals surface area contributed by atoms with Crippen molar-refractivity contribution in [1.29, 1.82) is 0 Å². The Morgan fingerprint density at radius 2 is 2.10 bits per heavy atom. The molecule has 4 heteroatoms. The number of carbonyl (C=O) groups is 1. The molecular weight excluding hydrogens is 264 g/mol. The summed E-state index contributed by atoms with van der Waals surface area (Å²) in [6.07, 6.45) is 0.834. The molecule has 2 aromatic carbocycles. The standard InChI is InChI=1S/C17H20N2O2/c20-17(16-12-21-11-10-18-16)19-9-8-14-6-3-5-13-4-1-2-7-15(13)14/h1-7,16,18H,8-12H2,(H,19,20). The molecule has 2 aromatic rings. The van der Waals surface area contributed by atoms with E-state index < -0.39 is 0 Å². The molecule has 21 heavy (non-hydrogen) atoms. The average Bonchev–Trinajstić information content (AvgIpc) is 2.56. The summed E-state index contributed by atoms with van der Waals surface area (Å²) in [4.78, 5) is 12.0. The highest BCUT2D eigenvalue weighted by atomic mass is 16.5. The summed E-state index contributed by atoms with van der Waals surface area (Å²) in [6.45, 7) is 2.52. The van der Waals surface area contributed by atoms with Crippen molar-refractivity contribution in [2.24, 2.45) is 0 Å². The van der Waals surface area contributed by atoms with Crippen LogP contribution in [0.3, 0.4) is 0 Å². The van der Waals surface area contributed by atoms with Crippen molar-refractivity contribution in [2.45, 2.75) is 12.5 Å². The van der Waals surface area contributed by atoms with Crippen molar-refractivity contribution in [2.75, 3.05) is 26.3 Å². The predicted molar refractivity (Wildman–Crippen MR) is 83.3 cm³/mol. The lowest BCUT2D eigenvalue weighted by Crippen LogP contribution is -2.51. The number of nitrogens with one attached hydrogen (secondary N) is 2. The molecule has 4 nitrogen and oxygen atoms in total. The fourth-order valence-corrected chi connectivity index (χ4v) is 2.69. The minimum absolute atomic E-state index is 0.0231. The smallest absolute Gasteiger partial charge is 0.239 e. The predicted octanol–water partition coefficient (Wildman–Crippen LogP) is 1.49. The summed E-state index contributed by atoms with van der Waals surface area (Å²) in [5.74, 6) is 0.0231. The van der Waals surface area contributed by atoms with Gasteiger partial charge in [0.2, 0.25) is 5.91 Å². The first-order chi connectivity index (χ1) is 10.3. The molecular formula is C17H20N2O2. The van der Waals surface area contributed by atoms with E-state index in [1.807, 2.05) is 12.1 Å². The van der Waals surface area contributed by atoms with Gasteiger partial charge < -0.3 is 15.4 Å². The van der Waals surface area contributed by atoms with Crippen LogP contribution in [0.2, 0.25) is 0 Å². The third-order valence-electron chi connectivity index (χ3n) is 3.81. The largest absolute Gasteiger partial charge is 0.378 e. The molecule has 1 unspecified atom stereocenters. The van der Waals surface area contributed by atoms with Gasteiger partial charge in [0.05, 0.1) is 13.2 Å². The second-order valence-corrected chi connectivity index (χ2v) is 5.26. The van der Waals surface area contributed by atoms with E-state index in [1.165, 1.54) is 16.3 Å². The van der Waals surface area contributed by atoms with Crippen LogP contribution in [0.1, 0.15) is 5.56 Å². The number of morpholine rings is 1. The molecule has 0 bridgehead atoms. The Labute approximate surface area is 124 Å².